The Hall–Kier alpha value is -3.54. The zero-order valence-corrected chi connectivity index (χ0v) is 17.6. The van der Waals surface area contributed by atoms with Crippen molar-refractivity contribution in [3.63, 3.8) is 0 Å². The fourth-order valence-electron chi connectivity index (χ4n) is 3.93. The van der Waals surface area contributed by atoms with Crippen LogP contribution in [0.15, 0.2) is 66.9 Å². The van der Waals surface area contributed by atoms with Crippen molar-refractivity contribution in [3.05, 3.63) is 95.1 Å². The summed E-state index contributed by atoms with van der Waals surface area (Å²) in [5.41, 5.74) is 2.77. The minimum Gasteiger partial charge on any atom is -0.348 e. The molecule has 0 aliphatic carbocycles. The van der Waals surface area contributed by atoms with E-state index in [0.29, 0.717) is 35.7 Å². The van der Waals surface area contributed by atoms with Gasteiger partial charge in [-0.05, 0) is 43.9 Å². The van der Waals surface area contributed by atoms with Crippen LogP contribution in [0, 0.1) is 6.92 Å². The molecule has 1 fully saturated rings. The second-order valence-corrected chi connectivity index (χ2v) is 7.77. The summed E-state index contributed by atoms with van der Waals surface area (Å²) in [7, 11) is 0. The molecule has 1 aromatic heterocycles. The van der Waals surface area contributed by atoms with Crippen molar-refractivity contribution in [1.82, 2.24) is 20.2 Å². The average molecular weight is 415 g/mol. The Kier molecular flexibility index (Phi) is 6.36. The van der Waals surface area contributed by atoms with Gasteiger partial charge in [-0.1, -0.05) is 48.5 Å². The Labute approximate surface area is 182 Å². The van der Waals surface area contributed by atoms with Gasteiger partial charge in [0.15, 0.2) is 5.82 Å². The Morgan fingerprint density at radius 2 is 1.74 bits per heavy atom. The molecule has 0 radical (unpaired) electrons. The summed E-state index contributed by atoms with van der Waals surface area (Å²) in [6.07, 6.45) is 4.38. The molecule has 4 rings (SSSR count). The quantitative estimate of drug-likeness (QED) is 0.683. The van der Waals surface area contributed by atoms with Crippen LogP contribution in [-0.4, -0.2) is 33.2 Å². The fourth-order valence-corrected chi connectivity index (χ4v) is 3.93. The third-order valence-corrected chi connectivity index (χ3v) is 5.62. The maximum Gasteiger partial charge on any atom is 0.254 e. The number of aryl methyl sites for hydroxylation is 1. The Morgan fingerprint density at radius 1 is 1.03 bits per heavy atom. The molecule has 2 aromatic carbocycles. The van der Waals surface area contributed by atoms with Crippen LogP contribution in [0.25, 0.3) is 0 Å². The number of aromatic nitrogens is 2. The first-order chi connectivity index (χ1) is 15.1. The maximum absolute atomic E-state index is 13.1. The lowest BCUT2D eigenvalue weighted by Crippen LogP contribution is -2.39. The molecule has 2 heterocycles. The number of rotatable bonds is 5. The van der Waals surface area contributed by atoms with E-state index in [-0.39, 0.29) is 17.9 Å². The van der Waals surface area contributed by atoms with Gasteiger partial charge in [0.25, 0.3) is 11.8 Å². The van der Waals surface area contributed by atoms with E-state index in [1.807, 2.05) is 72.5 Å². The highest BCUT2D eigenvalue weighted by Gasteiger charge is 2.31. The lowest BCUT2D eigenvalue weighted by atomic mass is 9.99. The molecule has 1 N–H and O–H groups in total. The first-order valence-electron chi connectivity index (χ1n) is 10.6. The van der Waals surface area contributed by atoms with Crippen LogP contribution in [0.2, 0.25) is 0 Å². The predicted octanol–water partition coefficient (Wildman–Crippen LogP) is 4.08. The number of likely N-dealkylation sites (tertiary alicyclic amines) is 1. The molecule has 2 amide bonds. The fraction of sp³-hybridized carbons (Fsp3) is 0.280. The molecule has 6 heteroatoms. The highest BCUT2D eigenvalue weighted by molar-refractivity contribution is 5.95. The molecule has 31 heavy (non-hydrogen) atoms. The zero-order chi connectivity index (χ0) is 21.6. The van der Waals surface area contributed by atoms with Crippen LogP contribution in [0.5, 0.6) is 0 Å². The minimum absolute atomic E-state index is 0.00349. The molecule has 1 atom stereocenters. The van der Waals surface area contributed by atoms with E-state index in [9.17, 15) is 9.59 Å². The van der Waals surface area contributed by atoms with E-state index >= 15 is 0 Å². The average Bonchev–Trinajstić information content (AvgIpc) is 2.83. The molecule has 158 valence electrons. The molecule has 6 nitrogen and oxygen atoms in total. The van der Waals surface area contributed by atoms with Crippen molar-refractivity contribution in [3.8, 4) is 0 Å². The third kappa shape index (κ3) is 4.79. The summed E-state index contributed by atoms with van der Waals surface area (Å²) in [4.78, 5) is 36.7. The summed E-state index contributed by atoms with van der Waals surface area (Å²) < 4.78 is 0. The minimum atomic E-state index is -0.200. The van der Waals surface area contributed by atoms with Gasteiger partial charge in [0.2, 0.25) is 0 Å². The SMILES string of the molecule is Cc1nc(C2CCCCN2C(=O)c2ccccc2)ncc1C(=O)NCc1ccccc1. The molecule has 1 unspecified atom stereocenters. The van der Waals surface area contributed by atoms with Gasteiger partial charge in [-0.2, -0.15) is 0 Å². The van der Waals surface area contributed by atoms with Crippen LogP contribution >= 0.6 is 0 Å². The van der Waals surface area contributed by atoms with Crippen molar-refractivity contribution in [1.29, 1.82) is 0 Å². The first-order valence-corrected chi connectivity index (χ1v) is 10.6. The number of amides is 2. The lowest BCUT2D eigenvalue weighted by molar-refractivity contribution is 0.0599. The van der Waals surface area contributed by atoms with E-state index in [0.717, 1.165) is 24.8 Å². The van der Waals surface area contributed by atoms with Gasteiger partial charge < -0.3 is 10.2 Å². The van der Waals surface area contributed by atoms with E-state index in [2.05, 4.69) is 15.3 Å². The van der Waals surface area contributed by atoms with Gasteiger partial charge in [-0.25, -0.2) is 9.97 Å². The number of piperidine rings is 1. The maximum atomic E-state index is 13.1. The second kappa shape index (κ2) is 9.51. The third-order valence-electron chi connectivity index (χ3n) is 5.62. The van der Waals surface area contributed by atoms with Crippen LogP contribution in [-0.2, 0) is 6.54 Å². The van der Waals surface area contributed by atoms with Gasteiger partial charge >= 0.3 is 0 Å². The van der Waals surface area contributed by atoms with Gasteiger partial charge in [-0.3, -0.25) is 9.59 Å². The topological polar surface area (TPSA) is 75.2 Å². The summed E-state index contributed by atoms with van der Waals surface area (Å²) in [6, 6.07) is 18.9. The number of carbonyl (C=O) groups excluding carboxylic acids is 2. The Morgan fingerprint density at radius 3 is 2.45 bits per heavy atom. The summed E-state index contributed by atoms with van der Waals surface area (Å²) in [6.45, 7) is 2.94. The van der Waals surface area contributed by atoms with Crippen LogP contribution in [0.3, 0.4) is 0 Å². The van der Waals surface area contributed by atoms with E-state index in [4.69, 9.17) is 0 Å². The van der Waals surface area contributed by atoms with Gasteiger partial charge in [0, 0.05) is 24.8 Å². The van der Waals surface area contributed by atoms with Gasteiger partial charge in [-0.15, -0.1) is 0 Å². The second-order valence-electron chi connectivity index (χ2n) is 7.77. The normalized spacial score (nSPS) is 16.0. The van der Waals surface area contributed by atoms with Crippen molar-refractivity contribution >= 4 is 11.8 Å². The number of hydrogen-bond acceptors (Lipinski definition) is 4. The van der Waals surface area contributed by atoms with Crippen molar-refractivity contribution in [2.75, 3.05) is 6.54 Å². The standard InChI is InChI=1S/C25H26N4O2/c1-18-21(24(30)27-16-19-10-4-2-5-11-19)17-26-23(28-18)22-14-8-9-15-29(22)25(31)20-12-6-3-7-13-20/h2-7,10-13,17,22H,8-9,14-16H2,1H3,(H,27,30). The molecule has 1 aliphatic rings. The number of hydrogen-bond donors (Lipinski definition) is 1. The van der Waals surface area contributed by atoms with Crippen LogP contribution < -0.4 is 5.32 Å². The summed E-state index contributed by atoms with van der Waals surface area (Å²) in [5, 5.41) is 2.92. The summed E-state index contributed by atoms with van der Waals surface area (Å²) in [5.74, 6) is 0.395. The lowest BCUT2D eigenvalue weighted by Gasteiger charge is -2.35. The van der Waals surface area contributed by atoms with Gasteiger partial charge in [0.1, 0.15) is 0 Å². The van der Waals surface area contributed by atoms with E-state index < -0.39 is 0 Å². The number of nitrogens with zero attached hydrogens (tertiary/aromatic N) is 3. The largest absolute Gasteiger partial charge is 0.348 e. The number of carbonyl (C=O) groups is 2. The Balaban J connectivity index is 1.50. The molecule has 0 saturated carbocycles. The molecule has 3 aromatic rings. The molecular weight excluding hydrogens is 388 g/mol. The van der Waals surface area contributed by atoms with Crippen LogP contribution in [0.1, 0.15) is 63.1 Å². The number of benzene rings is 2. The van der Waals surface area contributed by atoms with E-state index in [1.54, 1.807) is 6.20 Å². The summed E-state index contributed by atoms with van der Waals surface area (Å²) >= 11 is 0. The van der Waals surface area contributed by atoms with Crippen molar-refractivity contribution < 1.29 is 9.59 Å². The molecule has 1 aliphatic heterocycles. The molecule has 0 spiro atoms. The first kappa shape index (κ1) is 20.7. The number of nitrogens with one attached hydrogen (secondary N) is 1. The highest BCUT2D eigenvalue weighted by Crippen LogP contribution is 2.30. The molecular formula is C25H26N4O2. The predicted molar refractivity (Wildman–Crippen MR) is 118 cm³/mol. The van der Waals surface area contributed by atoms with Gasteiger partial charge in [0.05, 0.1) is 17.3 Å². The monoisotopic (exact) mass is 414 g/mol. The molecule has 0 bridgehead atoms. The van der Waals surface area contributed by atoms with Crippen molar-refractivity contribution in [2.45, 2.75) is 38.8 Å². The Bertz CT molecular complexity index is 1050. The highest BCUT2D eigenvalue weighted by atomic mass is 16.2. The zero-order valence-electron chi connectivity index (χ0n) is 17.6. The van der Waals surface area contributed by atoms with Crippen molar-refractivity contribution in [2.24, 2.45) is 0 Å². The van der Waals surface area contributed by atoms with Crippen LogP contribution in [0.4, 0.5) is 0 Å². The smallest absolute Gasteiger partial charge is 0.254 e. The molecule has 1 saturated heterocycles. The van der Waals surface area contributed by atoms with E-state index in [1.165, 1.54) is 0 Å².